The quantitative estimate of drug-likeness (QED) is 0.185. The van der Waals surface area contributed by atoms with Crippen LogP contribution in [-0.2, 0) is 0 Å². The van der Waals surface area contributed by atoms with Crippen molar-refractivity contribution in [2.45, 2.75) is 0 Å². The largest absolute Gasteiger partial charge is 0.309 e. The highest BCUT2D eigenvalue weighted by Gasteiger charge is 2.21. The van der Waals surface area contributed by atoms with Gasteiger partial charge in [0.15, 0.2) is 17.5 Å². The summed E-state index contributed by atoms with van der Waals surface area (Å²) in [4.78, 5) is 15.9. The molecule has 6 heteroatoms. The number of aromatic nitrogens is 4. The minimum Gasteiger partial charge on any atom is -0.309 e. The van der Waals surface area contributed by atoms with E-state index in [1.165, 1.54) is 51.1 Å². The van der Waals surface area contributed by atoms with Crippen LogP contribution in [0.15, 0.2) is 158 Å². The lowest BCUT2D eigenvalue weighted by molar-refractivity contribution is 1.07. The van der Waals surface area contributed by atoms with E-state index in [1.807, 2.05) is 11.3 Å². The van der Waals surface area contributed by atoms with E-state index in [-0.39, 0.29) is 0 Å². The van der Waals surface area contributed by atoms with Crippen molar-refractivity contribution in [3.05, 3.63) is 158 Å². The lowest BCUT2D eigenvalue weighted by atomic mass is 10.1. The van der Waals surface area contributed by atoms with E-state index in [0.717, 1.165) is 33.4 Å². The lowest BCUT2D eigenvalue weighted by Gasteiger charge is -2.14. The first-order chi connectivity index (χ1) is 25.3. The summed E-state index contributed by atoms with van der Waals surface area (Å²) in [5, 5.41) is 7.36. The Labute approximate surface area is 300 Å². The van der Waals surface area contributed by atoms with Crippen molar-refractivity contribution >= 4 is 84.8 Å². The van der Waals surface area contributed by atoms with Crippen molar-refractivity contribution in [1.82, 2.24) is 19.5 Å². The number of para-hydroxylation sites is 3. The Bertz CT molecular complexity index is 3110. The molecule has 0 amide bonds. The predicted octanol–water partition coefficient (Wildman–Crippen LogP) is 12.7. The Morgan fingerprint density at radius 3 is 1.67 bits per heavy atom. The highest BCUT2D eigenvalue weighted by molar-refractivity contribution is 7.26. The maximum atomic E-state index is 5.33. The molecule has 0 N–H and O–H groups in total. The Kier molecular flexibility index (Phi) is 6.26. The number of rotatable bonds is 4. The SMILES string of the molecule is c1ccc(-n2c3ccccc3c3ccccc32)c(-c2nc(-c3ccc4sc5ccccc5c4c3)nc(-c3cccc4c3sc3ccccc34)n2)c1. The molecule has 0 fully saturated rings. The molecule has 0 spiro atoms. The van der Waals surface area contributed by atoms with Crippen LogP contribution in [0.1, 0.15) is 0 Å². The second-order valence-corrected chi connectivity index (χ2v) is 14.9. The molecular formula is C45H26N4S2. The number of thiophene rings is 2. The van der Waals surface area contributed by atoms with Gasteiger partial charge in [0.25, 0.3) is 0 Å². The van der Waals surface area contributed by atoms with Crippen molar-refractivity contribution in [3.63, 3.8) is 0 Å². The van der Waals surface area contributed by atoms with Crippen LogP contribution in [0.25, 0.3) is 102 Å². The van der Waals surface area contributed by atoms with Crippen LogP contribution in [0.4, 0.5) is 0 Å². The zero-order chi connectivity index (χ0) is 33.5. The molecule has 7 aromatic carbocycles. The average Bonchev–Trinajstić information content (AvgIpc) is 3.87. The summed E-state index contributed by atoms with van der Waals surface area (Å²) in [6.07, 6.45) is 0. The molecule has 4 aromatic heterocycles. The second kappa shape index (κ2) is 11.2. The molecule has 11 rings (SSSR count). The van der Waals surface area contributed by atoms with Gasteiger partial charge in [-0.2, -0.15) is 0 Å². The van der Waals surface area contributed by atoms with Gasteiger partial charge in [-0.1, -0.05) is 97.1 Å². The number of hydrogen-bond acceptors (Lipinski definition) is 5. The first kappa shape index (κ1) is 28.6. The summed E-state index contributed by atoms with van der Waals surface area (Å²) in [5.74, 6) is 1.96. The van der Waals surface area contributed by atoms with Gasteiger partial charge in [0.05, 0.1) is 16.7 Å². The summed E-state index contributed by atoms with van der Waals surface area (Å²) in [6, 6.07) is 56.0. The van der Waals surface area contributed by atoms with E-state index < -0.39 is 0 Å². The van der Waals surface area contributed by atoms with Crippen LogP contribution in [0.3, 0.4) is 0 Å². The molecule has 0 atom stereocenters. The number of fused-ring (bicyclic) bond motifs is 9. The molecule has 0 aliphatic heterocycles. The third-order valence-electron chi connectivity index (χ3n) is 9.88. The fourth-order valence-electron chi connectivity index (χ4n) is 7.57. The van der Waals surface area contributed by atoms with Crippen LogP contribution in [0.5, 0.6) is 0 Å². The zero-order valence-corrected chi connectivity index (χ0v) is 28.7. The fraction of sp³-hybridized carbons (Fsp3) is 0. The van der Waals surface area contributed by atoms with E-state index in [0.29, 0.717) is 17.5 Å². The van der Waals surface area contributed by atoms with Gasteiger partial charge in [-0.05, 0) is 60.7 Å². The Balaban J connectivity index is 1.20. The van der Waals surface area contributed by atoms with E-state index in [1.54, 1.807) is 11.3 Å². The van der Waals surface area contributed by atoms with E-state index in [4.69, 9.17) is 15.0 Å². The van der Waals surface area contributed by atoms with Gasteiger partial charge in [-0.25, -0.2) is 15.0 Å². The standard InChI is InChI=1S/C45H26N4S2/c1-6-19-36-28(12-1)29-13-2-7-20-37(29)49(36)38-21-8-3-16-33(38)44-46-43(27-24-25-41-35(26-27)31-15-5-9-22-39(31)50-41)47-45(48-44)34-18-11-17-32-30-14-4-10-23-40(30)51-42(32)34/h1-26H. The van der Waals surface area contributed by atoms with Crippen LogP contribution < -0.4 is 0 Å². The molecule has 4 nitrogen and oxygen atoms in total. The first-order valence-electron chi connectivity index (χ1n) is 16.9. The normalized spacial score (nSPS) is 11.9. The average molecular weight is 687 g/mol. The maximum Gasteiger partial charge on any atom is 0.166 e. The monoisotopic (exact) mass is 686 g/mol. The summed E-state index contributed by atoms with van der Waals surface area (Å²) < 4.78 is 7.30. The molecule has 0 aliphatic carbocycles. The van der Waals surface area contributed by atoms with Crippen molar-refractivity contribution in [2.75, 3.05) is 0 Å². The molecule has 0 unspecified atom stereocenters. The molecule has 0 bridgehead atoms. The highest BCUT2D eigenvalue weighted by atomic mass is 32.1. The van der Waals surface area contributed by atoms with Gasteiger partial charge >= 0.3 is 0 Å². The Hall–Kier alpha value is -6.21. The Morgan fingerprint density at radius 1 is 0.373 bits per heavy atom. The van der Waals surface area contributed by atoms with Crippen LogP contribution in [0.2, 0.25) is 0 Å². The van der Waals surface area contributed by atoms with Gasteiger partial charge in [0.1, 0.15) is 0 Å². The zero-order valence-electron chi connectivity index (χ0n) is 27.1. The minimum atomic E-state index is 0.640. The van der Waals surface area contributed by atoms with Gasteiger partial charge in [0.2, 0.25) is 0 Å². The van der Waals surface area contributed by atoms with E-state index >= 15 is 0 Å². The van der Waals surface area contributed by atoms with Crippen LogP contribution in [-0.4, -0.2) is 19.5 Å². The number of hydrogen-bond donors (Lipinski definition) is 0. The van der Waals surface area contributed by atoms with Crippen molar-refractivity contribution in [2.24, 2.45) is 0 Å². The van der Waals surface area contributed by atoms with Gasteiger partial charge in [-0.3, -0.25) is 0 Å². The van der Waals surface area contributed by atoms with Crippen molar-refractivity contribution < 1.29 is 0 Å². The molecule has 11 aromatic rings. The van der Waals surface area contributed by atoms with Crippen LogP contribution >= 0.6 is 22.7 Å². The summed E-state index contributed by atoms with van der Waals surface area (Å²) in [7, 11) is 0. The number of nitrogens with zero attached hydrogens (tertiary/aromatic N) is 4. The van der Waals surface area contributed by atoms with Gasteiger partial charge in [-0.15, -0.1) is 22.7 Å². The smallest absolute Gasteiger partial charge is 0.166 e. The van der Waals surface area contributed by atoms with Gasteiger partial charge < -0.3 is 4.57 Å². The van der Waals surface area contributed by atoms with Gasteiger partial charge in [0, 0.05) is 67.8 Å². The molecule has 0 radical (unpaired) electrons. The minimum absolute atomic E-state index is 0.640. The first-order valence-corrected chi connectivity index (χ1v) is 18.6. The summed E-state index contributed by atoms with van der Waals surface area (Å²) in [6.45, 7) is 0. The van der Waals surface area contributed by atoms with E-state index in [9.17, 15) is 0 Å². The predicted molar refractivity (Wildman–Crippen MR) is 216 cm³/mol. The highest BCUT2D eigenvalue weighted by Crippen LogP contribution is 2.41. The molecule has 238 valence electrons. The number of benzene rings is 7. The van der Waals surface area contributed by atoms with E-state index in [2.05, 4.69) is 162 Å². The maximum absolute atomic E-state index is 5.33. The van der Waals surface area contributed by atoms with Crippen molar-refractivity contribution in [3.8, 4) is 39.9 Å². The topological polar surface area (TPSA) is 43.6 Å². The molecule has 0 aliphatic rings. The second-order valence-electron chi connectivity index (χ2n) is 12.8. The molecule has 0 saturated heterocycles. The lowest BCUT2D eigenvalue weighted by Crippen LogP contribution is -2.03. The van der Waals surface area contributed by atoms with Crippen molar-refractivity contribution in [1.29, 1.82) is 0 Å². The molecule has 0 saturated carbocycles. The summed E-state index contributed by atoms with van der Waals surface area (Å²) in [5.41, 5.74) is 6.23. The molecule has 4 heterocycles. The Morgan fingerprint density at radius 2 is 0.902 bits per heavy atom. The molecule has 51 heavy (non-hydrogen) atoms. The third kappa shape index (κ3) is 4.40. The van der Waals surface area contributed by atoms with Crippen LogP contribution in [0, 0.1) is 0 Å². The fourth-order valence-corrected chi connectivity index (χ4v) is 9.87. The third-order valence-corrected chi connectivity index (χ3v) is 12.3. The summed E-state index contributed by atoms with van der Waals surface area (Å²) >= 11 is 3.61. The molecular weight excluding hydrogens is 661 g/mol.